The van der Waals surface area contributed by atoms with E-state index in [1.54, 1.807) is 6.20 Å². The first-order valence-electron chi connectivity index (χ1n) is 6.45. The van der Waals surface area contributed by atoms with E-state index >= 15 is 0 Å². The number of hydrogen-bond acceptors (Lipinski definition) is 4. The van der Waals surface area contributed by atoms with Gasteiger partial charge in [0.05, 0.1) is 12.3 Å². The standard InChI is InChI=1S/C13H23N3O/c1-3-4-5-6-7-11(2)17-13-12(10-14)8-9-15-16-13/h8-9,11H,3-7,10,14H2,1-2H3. The fourth-order valence-corrected chi connectivity index (χ4v) is 1.71. The zero-order chi connectivity index (χ0) is 12.5. The van der Waals surface area contributed by atoms with E-state index in [0.717, 1.165) is 12.0 Å². The Labute approximate surface area is 104 Å². The number of unbranched alkanes of at least 4 members (excludes halogenated alkanes) is 3. The molecule has 17 heavy (non-hydrogen) atoms. The molecule has 0 spiro atoms. The summed E-state index contributed by atoms with van der Waals surface area (Å²) in [6.45, 7) is 4.72. The lowest BCUT2D eigenvalue weighted by Gasteiger charge is -2.15. The topological polar surface area (TPSA) is 61.0 Å². The highest BCUT2D eigenvalue weighted by Crippen LogP contribution is 2.16. The molecule has 0 radical (unpaired) electrons. The minimum absolute atomic E-state index is 0.175. The largest absolute Gasteiger partial charge is 0.473 e. The Balaban J connectivity index is 2.36. The molecule has 0 fully saturated rings. The van der Waals surface area contributed by atoms with Crippen molar-refractivity contribution in [2.75, 3.05) is 0 Å². The van der Waals surface area contributed by atoms with Gasteiger partial charge >= 0.3 is 0 Å². The van der Waals surface area contributed by atoms with Crippen LogP contribution in [0.1, 0.15) is 51.5 Å². The Kier molecular flexibility index (Phi) is 6.55. The highest BCUT2D eigenvalue weighted by molar-refractivity contribution is 5.22. The van der Waals surface area contributed by atoms with Crippen molar-refractivity contribution in [2.24, 2.45) is 5.73 Å². The second-order valence-electron chi connectivity index (χ2n) is 4.34. The van der Waals surface area contributed by atoms with E-state index in [4.69, 9.17) is 10.5 Å². The smallest absolute Gasteiger partial charge is 0.238 e. The molecule has 1 rings (SSSR count). The Bertz CT molecular complexity index is 317. The van der Waals surface area contributed by atoms with Gasteiger partial charge in [0.1, 0.15) is 0 Å². The zero-order valence-corrected chi connectivity index (χ0v) is 10.9. The first-order valence-corrected chi connectivity index (χ1v) is 6.45. The van der Waals surface area contributed by atoms with Crippen LogP contribution in [0, 0.1) is 0 Å². The Morgan fingerprint density at radius 2 is 2.18 bits per heavy atom. The van der Waals surface area contributed by atoms with E-state index < -0.39 is 0 Å². The molecule has 0 amide bonds. The van der Waals surface area contributed by atoms with Gasteiger partial charge in [-0.1, -0.05) is 26.2 Å². The third kappa shape index (κ3) is 5.13. The second-order valence-corrected chi connectivity index (χ2v) is 4.34. The molecule has 1 aromatic rings. The highest BCUT2D eigenvalue weighted by Gasteiger charge is 2.08. The quantitative estimate of drug-likeness (QED) is 0.706. The van der Waals surface area contributed by atoms with Gasteiger partial charge in [0.25, 0.3) is 0 Å². The van der Waals surface area contributed by atoms with Crippen molar-refractivity contribution in [3.63, 3.8) is 0 Å². The first kappa shape index (κ1) is 13.9. The number of aromatic nitrogens is 2. The summed E-state index contributed by atoms with van der Waals surface area (Å²) >= 11 is 0. The van der Waals surface area contributed by atoms with Crippen LogP contribution in [0.25, 0.3) is 0 Å². The maximum atomic E-state index is 5.76. The van der Waals surface area contributed by atoms with Gasteiger partial charge in [-0.05, 0) is 25.8 Å². The number of nitrogens with two attached hydrogens (primary N) is 1. The van der Waals surface area contributed by atoms with Gasteiger partial charge in [-0.3, -0.25) is 0 Å². The third-order valence-electron chi connectivity index (χ3n) is 2.76. The lowest BCUT2D eigenvalue weighted by atomic mass is 10.1. The van der Waals surface area contributed by atoms with Gasteiger partial charge < -0.3 is 10.5 Å². The first-order chi connectivity index (χ1) is 8.27. The molecule has 0 aromatic carbocycles. The molecule has 4 nitrogen and oxygen atoms in total. The summed E-state index contributed by atoms with van der Waals surface area (Å²) in [5.41, 5.74) is 6.54. The summed E-state index contributed by atoms with van der Waals surface area (Å²) in [6.07, 6.45) is 7.90. The van der Waals surface area contributed by atoms with E-state index in [9.17, 15) is 0 Å². The summed E-state index contributed by atoms with van der Waals surface area (Å²) in [4.78, 5) is 0. The average Bonchev–Trinajstić information content (AvgIpc) is 2.35. The van der Waals surface area contributed by atoms with Crippen LogP contribution < -0.4 is 10.5 Å². The molecule has 96 valence electrons. The van der Waals surface area contributed by atoms with E-state index in [1.165, 1.54) is 25.7 Å². The predicted octanol–water partition coefficient (Wildman–Crippen LogP) is 2.67. The SMILES string of the molecule is CCCCCCC(C)Oc1nnccc1CN. The van der Waals surface area contributed by atoms with Crippen LogP contribution in [0.2, 0.25) is 0 Å². The molecule has 1 unspecified atom stereocenters. The van der Waals surface area contributed by atoms with Gasteiger partial charge in [-0.25, -0.2) is 0 Å². The normalized spacial score (nSPS) is 12.4. The average molecular weight is 237 g/mol. The van der Waals surface area contributed by atoms with Crippen LogP contribution >= 0.6 is 0 Å². The molecular formula is C13H23N3O. The third-order valence-corrected chi connectivity index (χ3v) is 2.76. The molecule has 1 heterocycles. The van der Waals surface area contributed by atoms with Crippen molar-refractivity contribution in [2.45, 2.75) is 58.6 Å². The molecule has 0 bridgehead atoms. The minimum Gasteiger partial charge on any atom is -0.473 e. The van der Waals surface area contributed by atoms with Gasteiger partial charge in [0.15, 0.2) is 0 Å². The van der Waals surface area contributed by atoms with E-state index in [-0.39, 0.29) is 6.10 Å². The second kappa shape index (κ2) is 8.01. The predicted molar refractivity (Wildman–Crippen MR) is 68.8 cm³/mol. The lowest BCUT2D eigenvalue weighted by molar-refractivity contribution is 0.194. The Morgan fingerprint density at radius 1 is 1.35 bits per heavy atom. The summed E-state index contributed by atoms with van der Waals surface area (Å²) < 4.78 is 5.76. The van der Waals surface area contributed by atoms with Gasteiger partial charge in [-0.15, -0.1) is 5.10 Å². The van der Waals surface area contributed by atoms with Crippen LogP contribution in [-0.4, -0.2) is 16.3 Å². The summed E-state index contributed by atoms with van der Waals surface area (Å²) in [5.74, 6) is 0.581. The summed E-state index contributed by atoms with van der Waals surface area (Å²) in [5, 5.41) is 7.81. The molecule has 1 aromatic heterocycles. The van der Waals surface area contributed by atoms with Crippen molar-refractivity contribution in [1.29, 1.82) is 0 Å². The fourth-order valence-electron chi connectivity index (χ4n) is 1.71. The molecule has 0 aliphatic carbocycles. The van der Waals surface area contributed by atoms with Crippen molar-refractivity contribution >= 4 is 0 Å². The van der Waals surface area contributed by atoms with Crippen LogP contribution in [-0.2, 0) is 6.54 Å². The van der Waals surface area contributed by atoms with Gasteiger partial charge in [0, 0.05) is 12.1 Å². The fraction of sp³-hybridized carbons (Fsp3) is 0.692. The maximum absolute atomic E-state index is 5.76. The van der Waals surface area contributed by atoms with Crippen molar-refractivity contribution in [1.82, 2.24) is 10.2 Å². The molecule has 4 heteroatoms. The van der Waals surface area contributed by atoms with Crippen LogP contribution in [0.4, 0.5) is 0 Å². The number of ether oxygens (including phenoxy) is 1. The summed E-state index contributed by atoms with van der Waals surface area (Å²) in [6, 6.07) is 1.85. The van der Waals surface area contributed by atoms with Gasteiger partial charge in [0.2, 0.25) is 5.88 Å². The molecular weight excluding hydrogens is 214 g/mol. The molecule has 2 N–H and O–H groups in total. The maximum Gasteiger partial charge on any atom is 0.238 e. The molecule has 0 saturated carbocycles. The minimum atomic E-state index is 0.175. The van der Waals surface area contributed by atoms with Crippen molar-refractivity contribution in [3.05, 3.63) is 17.8 Å². The number of nitrogens with zero attached hydrogens (tertiary/aromatic N) is 2. The van der Waals surface area contributed by atoms with Gasteiger partial charge in [-0.2, -0.15) is 5.10 Å². The molecule has 1 atom stereocenters. The van der Waals surface area contributed by atoms with E-state index in [0.29, 0.717) is 12.4 Å². The van der Waals surface area contributed by atoms with Crippen molar-refractivity contribution in [3.8, 4) is 5.88 Å². The van der Waals surface area contributed by atoms with E-state index in [1.807, 2.05) is 6.07 Å². The summed E-state index contributed by atoms with van der Waals surface area (Å²) in [7, 11) is 0. The zero-order valence-electron chi connectivity index (χ0n) is 10.9. The Hall–Kier alpha value is -1.16. The number of rotatable bonds is 8. The van der Waals surface area contributed by atoms with Crippen LogP contribution in [0.15, 0.2) is 12.3 Å². The lowest BCUT2D eigenvalue weighted by Crippen LogP contribution is -2.15. The van der Waals surface area contributed by atoms with Crippen LogP contribution in [0.5, 0.6) is 5.88 Å². The highest BCUT2D eigenvalue weighted by atomic mass is 16.5. The molecule has 0 aliphatic heterocycles. The monoisotopic (exact) mass is 237 g/mol. The van der Waals surface area contributed by atoms with E-state index in [2.05, 4.69) is 24.0 Å². The van der Waals surface area contributed by atoms with Crippen LogP contribution in [0.3, 0.4) is 0 Å². The number of hydrogen-bond donors (Lipinski definition) is 1. The Morgan fingerprint density at radius 3 is 2.88 bits per heavy atom. The molecule has 0 aliphatic rings. The molecule has 0 saturated heterocycles. The van der Waals surface area contributed by atoms with Crippen molar-refractivity contribution < 1.29 is 4.74 Å².